The van der Waals surface area contributed by atoms with Crippen LogP contribution >= 0.6 is 11.8 Å². The second-order valence-electron chi connectivity index (χ2n) is 4.38. The van der Waals surface area contributed by atoms with Crippen molar-refractivity contribution in [2.24, 2.45) is 0 Å². The predicted octanol–water partition coefficient (Wildman–Crippen LogP) is 3.02. The van der Waals surface area contributed by atoms with Crippen molar-refractivity contribution in [3.63, 3.8) is 0 Å². The van der Waals surface area contributed by atoms with Gasteiger partial charge in [0.05, 0.1) is 0 Å². The fraction of sp³-hybridized carbons (Fsp3) is 0.571. The summed E-state index contributed by atoms with van der Waals surface area (Å²) >= 11 is 1.89. The van der Waals surface area contributed by atoms with Crippen LogP contribution < -0.4 is 0 Å². The number of nitrogens with zero attached hydrogens (tertiary/aromatic N) is 1. The van der Waals surface area contributed by atoms with Crippen LogP contribution in [0.3, 0.4) is 0 Å². The maximum atomic E-state index is 5.22. The second kappa shape index (κ2) is 8.53. The first-order valence-corrected chi connectivity index (χ1v) is 7.09. The van der Waals surface area contributed by atoms with Crippen LogP contribution in [0, 0.1) is 0 Å². The van der Waals surface area contributed by atoms with Gasteiger partial charge in [-0.25, -0.2) is 0 Å². The van der Waals surface area contributed by atoms with E-state index >= 15 is 0 Å². The van der Waals surface area contributed by atoms with Gasteiger partial charge in [0.2, 0.25) is 0 Å². The number of hydrogen-bond donors (Lipinski definition) is 0. The van der Waals surface area contributed by atoms with Gasteiger partial charge >= 0.3 is 0 Å². The van der Waals surface area contributed by atoms with Gasteiger partial charge in [-0.1, -0.05) is 12.1 Å². The largest absolute Gasteiger partial charge is 0.352 e. The summed E-state index contributed by atoms with van der Waals surface area (Å²) in [6.45, 7) is 1.14. The SMILES string of the molecule is COC(OC)c1ccc(SCCCN(C)C)cc1. The van der Waals surface area contributed by atoms with Crippen LogP contribution in [-0.4, -0.2) is 45.5 Å². The summed E-state index contributed by atoms with van der Waals surface area (Å²) in [6.07, 6.45) is 0.941. The first kappa shape index (κ1) is 15.5. The molecule has 0 radical (unpaired) electrons. The molecular weight excluding hydrogens is 246 g/mol. The van der Waals surface area contributed by atoms with Crippen molar-refractivity contribution in [2.75, 3.05) is 40.6 Å². The van der Waals surface area contributed by atoms with E-state index in [0.717, 1.165) is 17.9 Å². The van der Waals surface area contributed by atoms with Gasteiger partial charge in [0, 0.05) is 24.7 Å². The van der Waals surface area contributed by atoms with Crippen LogP contribution in [-0.2, 0) is 9.47 Å². The lowest BCUT2D eigenvalue weighted by molar-refractivity contribution is -0.106. The molecule has 1 rings (SSSR count). The summed E-state index contributed by atoms with van der Waals surface area (Å²) in [7, 11) is 7.51. The normalized spacial score (nSPS) is 11.4. The van der Waals surface area contributed by atoms with Crippen LogP contribution in [0.25, 0.3) is 0 Å². The molecule has 18 heavy (non-hydrogen) atoms. The van der Waals surface area contributed by atoms with E-state index in [9.17, 15) is 0 Å². The first-order valence-electron chi connectivity index (χ1n) is 6.10. The van der Waals surface area contributed by atoms with Gasteiger partial charge in [-0.15, -0.1) is 11.8 Å². The van der Waals surface area contributed by atoms with E-state index < -0.39 is 0 Å². The monoisotopic (exact) mass is 269 g/mol. The predicted molar refractivity (Wildman–Crippen MR) is 77.1 cm³/mol. The van der Waals surface area contributed by atoms with Gasteiger partial charge in [0.25, 0.3) is 0 Å². The van der Waals surface area contributed by atoms with Crippen molar-refractivity contribution in [1.29, 1.82) is 0 Å². The molecule has 0 unspecified atom stereocenters. The number of hydrogen-bond acceptors (Lipinski definition) is 4. The number of benzene rings is 1. The van der Waals surface area contributed by atoms with E-state index in [-0.39, 0.29) is 6.29 Å². The Kier molecular flexibility index (Phi) is 7.35. The van der Waals surface area contributed by atoms with Crippen molar-refractivity contribution in [2.45, 2.75) is 17.6 Å². The van der Waals surface area contributed by atoms with Crippen molar-refractivity contribution < 1.29 is 9.47 Å². The van der Waals surface area contributed by atoms with Crippen LogP contribution in [0.4, 0.5) is 0 Å². The molecular formula is C14H23NO2S. The fourth-order valence-electron chi connectivity index (χ4n) is 1.66. The maximum Gasteiger partial charge on any atom is 0.183 e. The third-order valence-corrected chi connectivity index (χ3v) is 3.70. The summed E-state index contributed by atoms with van der Waals surface area (Å²) in [4.78, 5) is 3.51. The Morgan fingerprint density at radius 1 is 1.11 bits per heavy atom. The van der Waals surface area contributed by atoms with Gasteiger partial charge in [0.1, 0.15) is 0 Å². The number of rotatable bonds is 8. The van der Waals surface area contributed by atoms with E-state index in [2.05, 4.69) is 43.3 Å². The Bertz CT molecular complexity index is 323. The third-order valence-electron chi connectivity index (χ3n) is 2.60. The lowest BCUT2D eigenvalue weighted by atomic mass is 10.2. The molecule has 1 aromatic rings. The van der Waals surface area contributed by atoms with E-state index in [1.807, 2.05) is 11.8 Å². The maximum absolute atomic E-state index is 5.22. The molecule has 0 amide bonds. The Morgan fingerprint density at radius 3 is 2.22 bits per heavy atom. The van der Waals surface area contributed by atoms with Crippen molar-refractivity contribution in [1.82, 2.24) is 4.90 Å². The molecule has 0 N–H and O–H groups in total. The van der Waals surface area contributed by atoms with Crippen molar-refractivity contribution in [3.8, 4) is 0 Å². The molecule has 0 saturated heterocycles. The average Bonchev–Trinajstić information content (AvgIpc) is 2.37. The highest BCUT2D eigenvalue weighted by Crippen LogP contribution is 2.23. The number of methoxy groups -OCH3 is 2. The third kappa shape index (κ3) is 5.40. The van der Waals surface area contributed by atoms with Gasteiger partial charge in [-0.2, -0.15) is 0 Å². The van der Waals surface area contributed by atoms with Crippen LogP contribution in [0.1, 0.15) is 18.3 Å². The zero-order chi connectivity index (χ0) is 13.4. The molecule has 0 fully saturated rings. The molecule has 0 aliphatic carbocycles. The molecule has 0 heterocycles. The number of thioether (sulfide) groups is 1. The van der Waals surface area contributed by atoms with Gasteiger partial charge in [-0.3, -0.25) is 0 Å². The highest BCUT2D eigenvalue weighted by atomic mass is 32.2. The highest BCUT2D eigenvalue weighted by Gasteiger charge is 2.07. The lowest BCUT2D eigenvalue weighted by Gasteiger charge is -2.14. The summed E-state index contributed by atoms with van der Waals surface area (Å²) in [6, 6.07) is 8.37. The highest BCUT2D eigenvalue weighted by molar-refractivity contribution is 7.99. The molecule has 0 bridgehead atoms. The molecule has 1 aromatic carbocycles. The Morgan fingerprint density at radius 2 is 1.72 bits per heavy atom. The Balaban J connectivity index is 2.40. The quantitative estimate of drug-likeness (QED) is 0.411. The van der Waals surface area contributed by atoms with Crippen LogP contribution in [0.5, 0.6) is 0 Å². The lowest BCUT2D eigenvalue weighted by Crippen LogP contribution is -2.13. The summed E-state index contributed by atoms with van der Waals surface area (Å²) < 4.78 is 10.4. The molecule has 0 aliphatic rings. The van der Waals surface area contributed by atoms with Gasteiger partial charge in [-0.05, 0) is 44.9 Å². The smallest absolute Gasteiger partial charge is 0.183 e. The zero-order valence-corrected chi connectivity index (χ0v) is 12.5. The van der Waals surface area contributed by atoms with Crippen molar-refractivity contribution in [3.05, 3.63) is 29.8 Å². The minimum Gasteiger partial charge on any atom is -0.352 e. The van der Waals surface area contributed by atoms with Gasteiger partial charge < -0.3 is 14.4 Å². The van der Waals surface area contributed by atoms with E-state index in [4.69, 9.17) is 9.47 Å². The topological polar surface area (TPSA) is 21.7 Å². The minimum atomic E-state index is -0.266. The van der Waals surface area contributed by atoms with Crippen LogP contribution in [0.15, 0.2) is 29.2 Å². The molecule has 0 saturated carbocycles. The molecule has 0 spiro atoms. The first-order chi connectivity index (χ1) is 8.67. The molecule has 0 aliphatic heterocycles. The fourth-order valence-corrected chi connectivity index (χ4v) is 2.50. The molecule has 0 atom stereocenters. The molecule has 0 aromatic heterocycles. The average molecular weight is 269 g/mol. The molecule has 102 valence electrons. The number of ether oxygens (including phenoxy) is 2. The van der Waals surface area contributed by atoms with E-state index in [0.29, 0.717) is 0 Å². The summed E-state index contributed by atoms with van der Waals surface area (Å²) in [5.41, 5.74) is 1.05. The van der Waals surface area contributed by atoms with E-state index in [1.165, 1.54) is 11.3 Å². The Hall–Kier alpha value is -0.550. The van der Waals surface area contributed by atoms with E-state index in [1.54, 1.807) is 14.2 Å². The summed E-state index contributed by atoms with van der Waals surface area (Å²) in [5, 5.41) is 0. The standard InChI is InChI=1S/C14H23NO2S/c1-15(2)10-5-11-18-13-8-6-12(7-9-13)14(16-3)17-4/h6-9,14H,5,10-11H2,1-4H3. The molecule has 4 heteroatoms. The van der Waals surface area contributed by atoms with Gasteiger partial charge in [0.15, 0.2) is 6.29 Å². The minimum absolute atomic E-state index is 0.266. The zero-order valence-electron chi connectivity index (χ0n) is 11.7. The second-order valence-corrected chi connectivity index (χ2v) is 5.55. The Labute approximate surface area is 114 Å². The molecule has 3 nitrogen and oxygen atoms in total. The van der Waals surface area contributed by atoms with Crippen molar-refractivity contribution >= 4 is 11.8 Å². The van der Waals surface area contributed by atoms with Crippen LogP contribution in [0.2, 0.25) is 0 Å². The summed E-state index contributed by atoms with van der Waals surface area (Å²) in [5.74, 6) is 1.15.